The molecule has 1 unspecified atom stereocenters. The molecule has 37 heavy (non-hydrogen) atoms. The summed E-state index contributed by atoms with van der Waals surface area (Å²) in [6, 6.07) is 3.34. The van der Waals surface area contributed by atoms with Crippen LogP contribution in [-0.2, 0) is 16.5 Å². The molecule has 3 aliphatic heterocycles. The number of benzene rings is 1. The summed E-state index contributed by atoms with van der Waals surface area (Å²) in [7, 11) is 2.73. The largest absolute Gasteiger partial charge is 0.480 e. The highest BCUT2D eigenvalue weighted by atomic mass is 32.1. The van der Waals surface area contributed by atoms with Crippen LogP contribution in [0, 0.1) is 0 Å². The van der Waals surface area contributed by atoms with Crippen LogP contribution < -0.4 is 19.5 Å². The predicted molar refractivity (Wildman–Crippen MR) is 124 cm³/mol. The quantitative estimate of drug-likeness (QED) is 0.525. The number of rotatable bonds is 5. The topological polar surface area (TPSA) is 108 Å². The Labute approximate surface area is 212 Å². The third-order valence-electron chi connectivity index (χ3n) is 6.52. The normalized spacial score (nSPS) is 19.6. The Morgan fingerprint density at radius 1 is 1.22 bits per heavy atom. The summed E-state index contributed by atoms with van der Waals surface area (Å²) in [6.45, 7) is 1.51. The first-order valence-corrected chi connectivity index (χ1v) is 12.1. The molecule has 6 rings (SSSR count). The zero-order valence-corrected chi connectivity index (χ0v) is 20.4. The number of thiazole rings is 1. The molecule has 0 aliphatic carbocycles. The first-order chi connectivity index (χ1) is 17.7. The first-order valence-electron chi connectivity index (χ1n) is 11.2. The van der Waals surface area contributed by atoms with Crippen LogP contribution in [0.1, 0.15) is 27.2 Å². The summed E-state index contributed by atoms with van der Waals surface area (Å²) >= 11 is 1.20. The van der Waals surface area contributed by atoms with Gasteiger partial charge < -0.3 is 18.9 Å². The number of hydrogen-bond donors (Lipinski definition) is 1. The number of fused-ring (bicyclic) bond motifs is 4. The van der Waals surface area contributed by atoms with Crippen LogP contribution in [-0.4, -0.2) is 65.9 Å². The number of halogens is 3. The summed E-state index contributed by atoms with van der Waals surface area (Å²) in [5.74, 6) is -0.475. The molecule has 194 valence electrons. The molecule has 0 bridgehead atoms. The van der Waals surface area contributed by atoms with Gasteiger partial charge in [-0.2, -0.15) is 13.2 Å². The van der Waals surface area contributed by atoms with Crippen LogP contribution in [0.25, 0.3) is 11.3 Å². The van der Waals surface area contributed by atoms with E-state index < -0.39 is 23.2 Å². The number of nitrogens with one attached hydrogen (secondary N) is 1. The summed E-state index contributed by atoms with van der Waals surface area (Å²) in [5.41, 5.74) is -0.846. The number of anilines is 1. The van der Waals surface area contributed by atoms with Gasteiger partial charge in [0.15, 0.2) is 16.3 Å². The average Bonchev–Trinajstić information content (AvgIpc) is 3.24. The lowest BCUT2D eigenvalue weighted by Gasteiger charge is -2.54. The summed E-state index contributed by atoms with van der Waals surface area (Å²) in [5, 5.41) is 2.96. The van der Waals surface area contributed by atoms with Crippen molar-refractivity contribution in [3.63, 3.8) is 0 Å². The van der Waals surface area contributed by atoms with E-state index in [9.17, 15) is 18.0 Å². The minimum Gasteiger partial charge on any atom is -0.480 e. The van der Waals surface area contributed by atoms with Gasteiger partial charge in [-0.25, -0.2) is 15.0 Å². The van der Waals surface area contributed by atoms with Gasteiger partial charge in [-0.15, -0.1) is 0 Å². The van der Waals surface area contributed by atoms with Gasteiger partial charge in [-0.1, -0.05) is 11.3 Å². The van der Waals surface area contributed by atoms with Gasteiger partial charge >= 0.3 is 6.18 Å². The van der Waals surface area contributed by atoms with Crippen LogP contribution in [0.2, 0.25) is 0 Å². The van der Waals surface area contributed by atoms with E-state index in [0.717, 1.165) is 18.6 Å². The van der Waals surface area contributed by atoms with Crippen molar-refractivity contribution < 1.29 is 36.9 Å². The zero-order valence-electron chi connectivity index (χ0n) is 19.6. The fraction of sp³-hybridized carbons (Fsp3) is 0.391. The Morgan fingerprint density at radius 2 is 1.92 bits per heavy atom. The smallest absolute Gasteiger partial charge is 0.416 e. The fourth-order valence-electron chi connectivity index (χ4n) is 4.65. The summed E-state index contributed by atoms with van der Waals surface area (Å²) < 4.78 is 62.4. The fourth-order valence-corrected chi connectivity index (χ4v) is 5.73. The summed E-state index contributed by atoms with van der Waals surface area (Å²) in [6.07, 6.45) is -2.47. The number of likely N-dealkylation sites (tertiary alicyclic amines) is 1. The third-order valence-corrected chi connectivity index (χ3v) is 7.68. The Bertz CT molecular complexity index is 1370. The van der Waals surface area contributed by atoms with Gasteiger partial charge in [0.25, 0.3) is 5.91 Å². The molecule has 3 aromatic rings. The second-order valence-corrected chi connectivity index (χ2v) is 9.74. The van der Waals surface area contributed by atoms with E-state index in [1.165, 1.54) is 38.0 Å². The molecular weight excluding hydrogens is 515 g/mol. The van der Waals surface area contributed by atoms with Crippen molar-refractivity contribution in [1.29, 1.82) is 0 Å². The minimum atomic E-state index is -4.52. The van der Waals surface area contributed by atoms with Gasteiger partial charge in [-0.3, -0.25) is 15.0 Å². The lowest BCUT2D eigenvalue weighted by Crippen LogP contribution is -2.67. The molecule has 2 fully saturated rings. The molecule has 1 atom stereocenters. The molecule has 5 heterocycles. The van der Waals surface area contributed by atoms with E-state index in [0.29, 0.717) is 35.8 Å². The van der Waals surface area contributed by atoms with Crippen LogP contribution in [0.5, 0.6) is 17.5 Å². The lowest BCUT2D eigenvalue weighted by atomic mass is 9.85. The van der Waals surface area contributed by atoms with Gasteiger partial charge in [0.05, 0.1) is 37.0 Å². The number of methoxy groups -OCH3 is 2. The first kappa shape index (κ1) is 23.9. The second kappa shape index (κ2) is 8.53. The van der Waals surface area contributed by atoms with Crippen LogP contribution in [0.3, 0.4) is 0 Å². The minimum absolute atomic E-state index is 0.0150. The Hall–Kier alpha value is -3.49. The average molecular weight is 536 g/mol. The maximum Gasteiger partial charge on any atom is 0.416 e. The Kier molecular flexibility index (Phi) is 5.51. The number of alkyl halides is 3. The molecule has 2 aromatic heterocycles. The highest BCUT2D eigenvalue weighted by Crippen LogP contribution is 2.53. The summed E-state index contributed by atoms with van der Waals surface area (Å²) in [4.78, 5) is 28.4. The maximum atomic E-state index is 13.4. The molecular formula is C23H20F3N5O5S. The Morgan fingerprint density at radius 3 is 2.51 bits per heavy atom. The molecule has 1 amide bonds. The molecule has 1 N–H and O–H groups in total. The molecule has 14 heteroatoms. The second-order valence-electron chi connectivity index (χ2n) is 8.74. The lowest BCUT2D eigenvalue weighted by molar-refractivity contribution is -0.216. The van der Waals surface area contributed by atoms with Crippen molar-refractivity contribution in [1.82, 2.24) is 19.9 Å². The molecule has 2 saturated heterocycles. The van der Waals surface area contributed by atoms with Gasteiger partial charge in [0.1, 0.15) is 18.3 Å². The molecule has 1 spiro atoms. The predicted octanol–water partition coefficient (Wildman–Crippen LogP) is 3.54. The van der Waals surface area contributed by atoms with Gasteiger partial charge in [-0.05, 0) is 18.2 Å². The van der Waals surface area contributed by atoms with Gasteiger partial charge in [0, 0.05) is 25.1 Å². The van der Waals surface area contributed by atoms with E-state index in [2.05, 4.69) is 25.2 Å². The Balaban J connectivity index is 1.38. The molecule has 10 nitrogen and oxygen atoms in total. The van der Waals surface area contributed by atoms with Crippen LogP contribution >= 0.6 is 11.3 Å². The standard InChI is InChI=1S/C23H20F3N5O5S/c1-33-19-15(20(34-2)28-10-27-19)18(32)30-21-29-16-12-4-3-11(23(24,25)26)7-13(12)36-22(17(16)37-21)8-31(9-22)14-5-6-35-14/h3-4,7,10,14H,5-6,8-9H2,1-2H3,(H,29,30,32). The van der Waals surface area contributed by atoms with Crippen molar-refractivity contribution in [3.8, 4) is 28.8 Å². The van der Waals surface area contributed by atoms with E-state index in [4.69, 9.17) is 18.9 Å². The molecule has 3 aliphatic rings. The van der Waals surface area contributed by atoms with Crippen molar-refractivity contribution in [2.45, 2.75) is 24.4 Å². The van der Waals surface area contributed by atoms with Crippen molar-refractivity contribution >= 4 is 22.4 Å². The number of carbonyl (C=O) groups is 1. The highest BCUT2D eigenvalue weighted by Gasteiger charge is 2.55. The van der Waals surface area contributed by atoms with E-state index >= 15 is 0 Å². The van der Waals surface area contributed by atoms with E-state index in [1.54, 1.807) is 0 Å². The SMILES string of the molecule is COc1ncnc(OC)c1C(=O)Nc1nc2c(s1)C1(CN(C3CCO3)C1)Oc1cc(C(F)(F)F)ccc1-2. The zero-order chi connectivity index (χ0) is 25.9. The number of aromatic nitrogens is 3. The number of nitrogens with zero attached hydrogens (tertiary/aromatic N) is 4. The van der Waals surface area contributed by atoms with Crippen molar-refractivity contribution in [2.75, 3.05) is 39.2 Å². The molecule has 1 aromatic carbocycles. The van der Waals surface area contributed by atoms with Crippen molar-refractivity contribution in [2.24, 2.45) is 0 Å². The number of carbonyl (C=O) groups excluding carboxylic acids is 1. The van der Waals surface area contributed by atoms with E-state index in [-0.39, 0.29) is 34.4 Å². The number of hydrogen-bond acceptors (Lipinski definition) is 10. The molecule has 0 radical (unpaired) electrons. The molecule has 0 saturated carbocycles. The van der Waals surface area contributed by atoms with Gasteiger partial charge in [0.2, 0.25) is 11.8 Å². The maximum absolute atomic E-state index is 13.4. The van der Waals surface area contributed by atoms with Crippen molar-refractivity contribution in [3.05, 3.63) is 40.5 Å². The van der Waals surface area contributed by atoms with E-state index in [1.807, 2.05) is 0 Å². The third kappa shape index (κ3) is 3.86. The number of amides is 1. The van der Waals surface area contributed by atoms with Crippen LogP contribution in [0.15, 0.2) is 24.5 Å². The van der Waals surface area contributed by atoms with Crippen LogP contribution in [0.4, 0.5) is 18.3 Å². The monoisotopic (exact) mass is 535 g/mol. The number of ether oxygens (including phenoxy) is 4. The highest BCUT2D eigenvalue weighted by molar-refractivity contribution is 7.16.